The van der Waals surface area contributed by atoms with Crippen LogP contribution >= 0.6 is 0 Å². The summed E-state index contributed by atoms with van der Waals surface area (Å²) in [5.74, 6) is 0.403. The van der Waals surface area contributed by atoms with E-state index >= 15 is 0 Å². The van der Waals surface area contributed by atoms with Gasteiger partial charge in [0, 0.05) is 0 Å². The van der Waals surface area contributed by atoms with Crippen LogP contribution in [0.3, 0.4) is 0 Å². The summed E-state index contributed by atoms with van der Waals surface area (Å²) in [4.78, 5) is 0. The molecule has 0 saturated carbocycles. The van der Waals surface area contributed by atoms with Crippen LogP contribution in [0.4, 0.5) is 8.78 Å². The molecule has 3 heteroatoms. The Morgan fingerprint density at radius 1 is 1.18 bits per heavy atom. The number of hydrogen-bond acceptors (Lipinski definition) is 1. The SMILES string of the molecule is FC(F)=COc1ccccc1. The quantitative estimate of drug-likeness (QED) is 0.598. The van der Waals surface area contributed by atoms with Gasteiger partial charge < -0.3 is 4.74 Å². The highest BCUT2D eigenvalue weighted by Crippen LogP contribution is 2.09. The topological polar surface area (TPSA) is 9.23 Å². The van der Waals surface area contributed by atoms with E-state index in [1.54, 1.807) is 30.3 Å². The normalized spacial score (nSPS) is 8.91. The average Bonchev–Trinajstić information content (AvgIpc) is 2.03. The Bertz CT molecular complexity index is 240. The molecule has 0 bridgehead atoms. The van der Waals surface area contributed by atoms with Crippen molar-refractivity contribution < 1.29 is 13.5 Å². The van der Waals surface area contributed by atoms with Crippen molar-refractivity contribution in [1.82, 2.24) is 0 Å². The van der Waals surface area contributed by atoms with Gasteiger partial charge in [0.1, 0.15) is 5.75 Å². The maximum Gasteiger partial charge on any atom is 0.305 e. The van der Waals surface area contributed by atoms with Gasteiger partial charge in [-0.1, -0.05) is 18.2 Å². The van der Waals surface area contributed by atoms with E-state index in [4.69, 9.17) is 0 Å². The summed E-state index contributed by atoms with van der Waals surface area (Å²) in [6, 6.07) is 8.39. The summed E-state index contributed by atoms with van der Waals surface area (Å²) >= 11 is 0. The molecule has 0 spiro atoms. The van der Waals surface area contributed by atoms with E-state index in [0.29, 0.717) is 12.0 Å². The Morgan fingerprint density at radius 2 is 1.82 bits per heavy atom. The van der Waals surface area contributed by atoms with Gasteiger partial charge in [-0.05, 0) is 12.1 Å². The summed E-state index contributed by atoms with van der Waals surface area (Å²) in [5.41, 5.74) is 0. The zero-order chi connectivity index (χ0) is 8.10. The van der Waals surface area contributed by atoms with Crippen molar-refractivity contribution in [3.63, 3.8) is 0 Å². The van der Waals surface area contributed by atoms with Crippen molar-refractivity contribution in [1.29, 1.82) is 0 Å². The molecule has 0 atom stereocenters. The van der Waals surface area contributed by atoms with Crippen LogP contribution in [0.25, 0.3) is 0 Å². The summed E-state index contributed by atoms with van der Waals surface area (Å²) in [5, 5.41) is 0. The predicted molar refractivity (Wildman–Crippen MR) is 37.4 cm³/mol. The molecule has 0 radical (unpaired) electrons. The first kappa shape index (κ1) is 7.72. The van der Waals surface area contributed by atoms with Crippen molar-refractivity contribution in [3.8, 4) is 5.75 Å². The van der Waals surface area contributed by atoms with Crippen LogP contribution < -0.4 is 4.74 Å². The van der Waals surface area contributed by atoms with E-state index in [2.05, 4.69) is 4.74 Å². The third-order valence-electron chi connectivity index (χ3n) is 1.03. The minimum absolute atomic E-state index is 0.403. The number of halogens is 2. The second kappa shape index (κ2) is 3.71. The standard InChI is InChI=1S/C8H6F2O/c9-8(10)6-11-7-4-2-1-3-5-7/h1-6H. The van der Waals surface area contributed by atoms with E-state index in [0.717, 1.165) is 0 Å². The number of para-hydroxylation sites is 1. The van der Waals surface area contributed by atoms with Gasteiger partial charge in [-0.25, -0.2) is 0 Å². The van der Waals surface area contributed by atoms with Gasteiger partial charge in [-0.15, -0.1) is 0 Å². The van der Waals surface area contributed by atoms with E-state index in [1.807, 2.05) is 0 Å². The zero-order valence-electron chi connectivity index (χ0n) is 5.63. The highest BCUT2D eigenvalue weighted by molar-refractivity contribution is 5.21. The van der Waals surface area contributed by atoms with E-state index < -0.39 is 6.08 Å². The third-order valence-corrected chi connectivity index (χ3v) is 1.03. The van der Waals surface area contributed by atoms with Crippen LogP contribution in [-0.2, 0) is 0 Å². The first-order chi connectivity index (χ1) is 5.29. The molecule has 0 N–H and O–H groups in total. The smallest absolute Gasteiger partial charge is 0.305 e. The van der Waals surface area contributed by atoms with Gasteiger partial charge in [0.05, 0.1) is 0 Å². The molecule has 11 heavy (non-hydrogen) atoms. The van der Waals surface area contributed by atoms with Crippen molar-refractivity contribution >= 4 is 0 Å². The minimum atomic E-state index is -1.84. The van der Waals surface area contributed by atoms with E-state index in [1.165, 1.54) is 0 Å². The lowest BCUT2D eigenvalue weighted by atomic mass is 10.3. The lowest BCUT2D eigenvalue weighted by molar-refractivity contribution is 0.365. The second-order valence-corrected chi connectivity index (χ2v) is 1.84. The Kier molecular flexibility index (Phi) is 2.60. The van der Waals surface area contributed by atoms with Gasteiger partial charge in [0.15, 0.2) is 6.26 Å². The Hall–Kier alpha value is -1.38. The van der Waals surface area contributed by atoms with Crippen LogP contribution in [-0.4, -0.2) is 0 Å². The molecule has 1 aromatic rings. The van der Waals surface area contributed by atoms with Gasteiger partial charge in [-0.2, -0.15) is 8.78 Å². The highest BCUT2D eigenvalue weighted by atomic mass is 19.3. The molecule has 1 rings (SSSR count). The zero-order valence-corrected chi connectivity index (χ0v) is 5.63. The van der Waals surface area contributed by atoms with E-state index in [9.17, 15) is 8.78 Å². The third kappa shape index (κ3) is 2.80. The number of hydrogen-bond donors (Lipinski definition) is 0. The van der Waals surface area contributed by atoms with Gasteiger partial charge in [0.25, 0.3) is 0 Å². The molecule has 1 nitrogen and oxygen atoms in total. The molecule has 0 heterocycles. The summed E-state index contributed by atoms with van der Waals surface area (Å²) in [6.45, 7) is 0. The molecule has 0 amide bonds. The van der Waals surface area contributed by atoms with Crippen LogP contribution in [0, 0.1) is 0 Å². The summed E-state index contributed by atoms with van der Waals surface area (Å²) < 4.78 is 27.5. The molecule has 0 aliphatic carbocycles. The minimum Gasteiger partial charge on any atom is -0.459 e. The lowest BCUT2D eigenvalue weighted by Gasteiger charge is -1.95. The Balaban J connectivity index is 2.59. The molecule has 0 aliphatic rings. The summed E-state index contributed by atoms with van der Waals surface area (Å²) in [7, 11) is 0. The van der Waals surface area contributed by atoms with Crippen molar-refractivity contribution in [2.45, 2.75) is 0 Å². The number of benzene rings is 1. The fourth-order valence-corrected chi connectivity index (χ4v) is 0.612. The van der Waals surface area contributed by atoms with Gasteiger partial charge in [0.2, 0.25) is 0 Å². The fourth-order valence-electron chi connectivity index (χ4n) is 0.612. The maximum absolute atomic E-state index is 11.5. The molecular formula is C8H6F2O. The first-order valence-corrected chi connectivity index (χ1v) is 3.02. The number of rotatable bonds is 2. The molecule has 0 saturated heterocycles. The van der Waals surface area contributed by atoms with Crippen LogP contribution in [0.1, 0.15) is 0 Å². The van der Waals surface area contributed by atoms with Crippen molar-refractivity contribution in [2.24, 2.45) is 0 Å². The summed E-state index contributed by atoms with van der Waals surface area (Å²) in [6.07, 6.45) is -1.43. The lowest BCUT2D eigenvalue weighted by Crippen LogP contribution is -1.80. The maximum atomic E-state index is 11.5. The highest BCUT2D eigenvalue weighted by Gasteiger charge is 1.90. The Morgan fingerprint density at radius 3 is 2.36 bits per heavy atom. The molecule has 0 aliphatic heterocycles. The molecule has 0 aromatic heterocycles. The van der Waals surface area contributed by atoms with Crippen molar-refractivity contribution in [3.05, 3.63) is 42.7 Å². The largest absolute Gasteiger partial charge is 0.459 e. The van der Waals surface area contributed by atoms with Gasteiger partial charge in [-0.3, -0.25) is 0 Å². The van der Waals surface area contributed by atoms with Crippen LogP contribution in [0.15, 0.2) is 42.7 Å². The number of ether oxygens (including phenoxy) is 1. The molecular weight excluding hydrogens is 150 g/mol. The predicted octanol–water partition coefficient (Wildman–Crippen LogP) is 2.80. The molecule has 0 unspecified atom stereocenters. The monoisotopic (exact) mass is 156 g/mol. The fraction of sp³-hybridized carbons (Fsp3) is 0. The molecule has 58 valence electrons. The van der Waals surface area contributed by atoms with Gasteiger partial charge >= 0.3 is 6.08 Å². The van der Waals surface area contributed by atoms with E-state index in [-0.39, 0.29) is 0 Å². The van der Waals surface area contributed by atoms with Crippen molar-refractivity contribution in [2.75, 3.05) is 0 Å². The second-order valence-electron chi connectivity index (χ2n) is 1.84. The average molecular weight is 156 g/mol. The van der Waals surface area contributed by atoms with Crippen LogP contribution in [0.2, 0.25) is 0 Å². The molecule has 1 aromatic carbocycles. The van der Waals surface area contributed by atoms with Crippen LogP contribution in [0.5, 0.6) is 5.75 Å². The Labute approximate surface area is 62.9 Å². The first-order valence-electron chi connectivity index (χ1n) is 3.02. The molecule has 0 fully saturated rings.